The molecule has 120 valence electrons. The van der Waals surface area contributed by atoms with Crippen LogP contribution in [0.25, 0.3) is 6.08 Å². The lowest BCUT2D eigenvalue weighted by Crippen LogP contribution is -2.17. The van der Waals surface area contributed by atoms with Gasteiger partial charge in [0, 0.05) is 19.4 Å². The lowest BCUT2D eigenvalue weighted by molar-refractivity contribution is 0.0967. The van der Waals surface area contributed by atoms with Gasteiger partial charge >= 0.3 is 0 Å². The van der Waals surface area contributed by atoms with E-state index in [1.54, 1.807) is 25.5 Å². The highest BCUT2D eigenvalue weighted by atomic mass is 16.5. The van der Waals surface area contributed by atoms with Gasteiger partial charge in [0.05, 0.1) is 12.2 Å². The highest BCUT2D eigenvalue weighted by Gasteiger charge is 2.10. The van der Waals surface area contributed by atoms with Crippen molar-refractivity contribution in [1.29, 1.82) is 0 Å². The van der Waals surface area contributed by atoms with Crippen LogP contribution in [0.5, 0.6) is 11.5 Å². The Kier molecular flexibility index (Phi) is 6.20. The van der Waals surface area contributed by atoms with E-state index in [4.69, 9.17) is 9.47 Å². The van der Waals surface area contributed by atoms with Gasteiger partial charge in [-0.25, -0.2) is 0 Å². The fraction of sp³-hybridized carbons (Fsp3) is 0.167. The van der Waals surface area contributed by atoms with Gasteiger partial charge in [-0.3, -0.25) is 4.79 Å². The average molecular weight is 313 g/mol. The highest BCUT2D eigenvalue weighted by Crippen LogP contribution is 2.23. The summed E-state index contributed by atoms with van der Waals surface area (Å²) in [5.41, 5.74) is 1.15. The lowest BCUT2D eigenvalue weighted by atomic mass is 10.1. The molecular weight excluding hydrogens is 294 g/mol. The molecular formula is C18H19NO4. The van der Waals surface area contributed by atoms with Crippen molar-refractivity contribution in [3.05, 3.63) is 65.9 Å². The quantitative estimate of drug-likeness (QED) is 0.771. The van der Waals surface area contributed by atoms with E-state index in [0.717, 1.165) is 5.56 Å². The van der Waals surface area contributed by atoms with Gasteiger partial charge in [0.2, 0.25) is 0 Å². The summed E-state index contributed by atoms with van der Waals surface area (Å²) in [6.07, 6.45) is 3.32. The fourth-order valence-corrected chi connectivity index (χ4v) is 1.89. The predicted molar refractivity (Wildman–Crippen MR) is 88.4 cm³/mol. The topological polar surface area (TPSA) is 67.8 Å². The van der Waals surface area contributed by atoms with Crippen molar-refractivity contribution in [3.63, 3.8) is 0 Å². The lowest BCUT2D eigenvalue weighted by Gasteiger charge is -2.08. The van der Waals surface area contributed by atoms with E-state index in [-0.39, 0.29) is 11.3 Å². The Bertz CT molecular complexity index is 668. The van der Waals surface area contributed by atoms with Crippen molar-refractivity contribution >= 4 is 12.0 Å². The number of aromatic hydroxyl groups is 1. The average Bonchev–Trinajstić information content (AvgIpc) is 2.56. The zero-order chi connectivity index (χ0) is 16.5. The Labute approximate surface area is 135 Å². The van der Waals surface area contributed by atoms with Gasteiger partial charge in [-0.2, -0.15) is 0 Å². The van der Waals surface area contributed by atoms with E-state index in [1.807, 2.05) is 30.3 Å². The molecule has 0 unspecified atom stereocenters. The van der Waals surface area contributed by atoms with E-state index in [0.29, 0.717) is 19.0 Å². The van der Waals surface area contributed by atoms with Gasteiger partial charge in [0.1, 0.15) is 18.1 Å². The number of phenols is 1. The smallest absolute Gasteiger partial charge is 0.258 e. The molecule has 0 aliphatic rings. The predicted octanol–water partition coefficient (Wildman–Crippen LogP) is 2.82. The van der Waals surface area contributed by atoms with Gasteiger partial charge in [-0.05, 0) is 23.8 Å². The molecule has 0 aliphatic carbocycles. The number of ether oxygens (including phenoxy) is 2. The van der Waals surface area contributed by atoms with Crippen LogP contribution < -0.4 is 10.1 Å². The Morgan fingerprint density at radius 3 is 2.65 bits per heavy atom. The SMILES string of the molecule is COCCOc1ccc(C(=O)NC=Cc2ccccc2)c(O)c1. The van der Waals surface area contributed by atoms with Crippen LogP contribution in [-0.2, 0) is 4.74 Å². The number of phenolic OH excluding ortho intramolecular Hbond substituents is 1. The minimum atomic E-state index is -0.391. The van der Waals surface area contributed by atoms with Crippen LogP contribution in [0.4, 0.5) is 0 Å². The van der Waals surface area contributed by atoms with E-state index >= 15 is 0 Å². The summed E-state index contributed by atoms with van der Waals surface area (Å²) in [6.45, 7) is 0.828. The molecule has 0 atom stereocenters. The third-order valence-corrected chi connectivity index (χ3v) is 3.06. The largest absolute Gasteiger partial charge is 0.507 e. The minimum absolute atomic E-state index is 0.134. The molecule has 23 heavy (non-hydrogen) atoms. The summed E-state index contributed by atoms with van der Waals surface area (Å²) in [5.74, 6) is -0.0421. The standard InChI is InChI=1S/C18H19NO4/c1-22-11-12-23-15-7-8-16(17(20)13-15)18(21)19-10-9-14-5-3-2-4-6-14/h2-10,13,20H,11-12H2,1H3,(H,19,21). The number of carbonyl (C=O) groups excluding carboxylic acids is 1. The monoisotopic (exact) mass is 313 g/mol. The molecule has 2 aromatic rings. The maximum atomic E-state index is 12.0. The minimum Gasteiger partial charge on any atom is -0.507 e. The zero-order valence-electron chi connectivity index (χ0n) is 12.9. The second-order valence-electron chi connectivity index (χ2n) is 4.74. The number of carbonyl (C=O) groups is 1. The van der Waals surface area contributed by atoms with E-state index in [9.17, 15) is 9.90 Å². The first-order valence-corrected chi connectivity index (χ1v) is 7.18. The van der Waals surface area contributed by atoms with Crippen LogP contribution in [0.3, 0.4) is 0 Å². The number of hydrogen-bond acceptors (Lipinski definition) is 4. The van der Waals surface area contributed by atoms with Crippen molar-refractivity contribution in [3.8, 4) is 11.5 Å². The molecule has 5 heteroatoms. The van der Waals surface area contributed by atoms with Gasteiger partial charge in [0.15, 0.2) is 0 Å². The van der Waals surface area contributed by atoms with Crippen molar-refractivity contribution in [2.24, 2.45) is 0 Å². The van der Waals surface area contributed by atoms with Gasteiger partial charge < -0.3 is 19.9 Å². The molecule has 0 aromatic heterocycles. The molecule has 0 heterocycles. The molecule has 0 saturated heterocycles. The Morgan fingerprint density at radius 1 is 1.17 bits per heavy atom. The molecule has 0 aliphatic heterocycles. The zero-order valence-corrected chi connectivity index (χ0v) is 12.9. The fourth-order valence-electron chi connectivity index (χ4n) is 1.89. The molecule has 0 bridgehead atoms. The normalized spacial score (nSPS) is 10.7. The van der Waals surface area contributed by atoms with Crippen molar-refractivity contribution in [1.82, 2.24) is 5.32 Å². The molecule has 0 fully saturated rings. The van der Waals surface area contributed by atoms with Crippen LogP contribution in [0.1, 0.15) is 15.9 Å². The van der Waals surface area contributed by atoms with Crippen LogP contribution in [-0.4, -0.2) is 31.3 Å². The summed E-state index contributed by atoms with van der Waals surface area (Å²) in [7, 11) is 1.58. The summed E-state index contributed by atoms with van der Waals surface area (Å²) < 4.78 is 10.2. The number of hydrogen-bond donors (Lipinski definition) is 2. The molecule has 2 N–H and O–H groups in total. The highest BCUT2D eigenvalue weighted by molar-refractivity contribution is 5.97. The number of methoxy groups -OCH3 is 1. The summed E-state index contributed by atoms with van der Waals surface area (Å²) >= 11 is 0. The molecule has 5 nitrogen and oxygen atoms in total. The molecule has 0 spiro atoms. The molecule has 2 aromatic carbocycles. The van der Waals surface area contributed by atoms with E-state index in [1.165, 1.54) is 12.1 Å². The van der Waals surface area contributed by atoms with Gasteiger partial charge in [-0.15, -0.1) is 0 Å². The Morgan fingerprint density at radius 2 is 1.96 bits per heavy atom. The molecule has 0 radical (unpaired) electrons. The van der Waals surface area contributed by atoms with Crippen LogP contribution >= 0.6 is 0 Å². The number of nitrogens with one attached hydrogen (secondary N) is 1. The van der Waals surface area contributed by atoms with Crippen LogP contribution in [0, 0.1) is 0 Å². The second-order valence-corrected chi connectivity index (χ2v) is 4.74. The third-order valence-electron chi connectivity index (χ3n) is 3.06. The van der Waals surface area contributed by atoms with Crippen molar-refractivity contribution in [2.75, 3.05) is 20.3 Å². The Balaban J connectivity index is 1.95. The summed E-state index contributed by atoms with van der Waals surface area (Å²) in [4.78, 5) is 12.0. The number of rotatable bonds is 7. The first-order valence-electron chi connectivity index (χ1n) is 7.18. The first kappa shape index (κ1) is 16.6. The Hall–Kier alpha value is -2.79. The summed E-state index contributed by atoms with van der Waals surface area (Å²) in [6, 6.07) is 14.1. The molecule has 1 amide bonds. The number of amides is 1. The van der Waals surface area contributed by atoms with Crippen molar-refractivity contribution in [2.45, 2.75) is 0 Å². The third kappa shape index (κ3) is 5.16. The number of benzene rings is 2. The summed E-state index contributed by atoms with van der Waals surface area (Å²) in [5, 5.41) is 12.6. The van der Waals surface area contributed by atoms with Gasteiger partial charge in [-0.1, -0.05) is 30.3 Å². The second kappa shape index (κ2) is 8.60. The van der Waals surface area contributed by atoms with Gasteiger partial charge in [0.25, 0.3) is 5.91 Å². The van der Waals surface area contributed by atoms with E-state index < -0.39 is 5.91 Å². The van der Waals surface area contributed by atoms with Crippen molar-refractivity contribution < 1.29 is 19.4 Å². The first-order chi connectivity index (χ1) is 11.2. The maximum absolute atomic E-state index is 12.0. The van der Waals surface area contributed by atoms with Crippen LogP contribution in [0.15, 0.2) is 54.7 Å². The molecule has 0 saturated carbocycles. The molecule has 2 rings (SSSR count). The van der Waals surface area contributed by atoms with E-state index in [2.05, 4.69) is 5.32 Å². The maximum Gasteiger partial charge on any atom is 0.258 e. The van der Waals surface area contributed by atoms with Crippen LogP contribution in [0.2, 0.25) is 0 Å².